The van der Waals surface area contributed by atoms with Gasteiger partial charge in [0, 0.05) is 12.6 Å². The van der Waals surface area contributed by atoms with E-state index < -0.39 is 48.3 Å². The van der Waals surface area contributed by atoms with Crippen LogP contribution in [0.2, 0.25) is 0 Å². The first-order chi connectivity index (χ1) is 13.5. The first kappa shape index (κ1) is 25.0. The lowest BCUT2D eigenvalue weighted by atomic mass is 9.93. The highest BCUT2D eigenvalue weighted by atomic mass is 19.3. The fraction of sp³-hybridized carbons (Fsp3) is 0.619. The lowest BCUT2D eigenvalue weighted by molar-refractivity contribution is -0.142. The average molecular weight is 414 g/mol. The molecule has 1 unspecified atom stereocenters. The quantitative estimate of drug-likeness (QED) is 0.417. The molecule has 0 aromatic heterocycles. The van der Waals surface area contributed by atoms with Crippen molar-refractivity contribution in [1.29, 1.82) is 0 Å². The van der Waals surface area contributed by atoms with Crippen molar-refractivity contribution in [1.82, 2.24) is 10.6 Å². The SMILES string of the molecule is CC(C)C[C@H](N)C(O)C(F)(F)CNC(=O)[C@H](C(=O)NCc1ccccc1)C(C)C. The molecule has 1 aromatic rings. The van der Waals surface area contributed by atoms with Crippen LogP contribution in [-0.4, -0.2) is 41.5 Å². The predicted octanol–water partition coefficient (Wildman–Crippen LogP) is 2.06. The Morgan fingerprint density at radius 1 is 1.07 bits per heavy atom. The summed E-state index contributed by atoms with van der Waals surface area (Å²) in [5.74, 6) is -6.43. The third-order valence-electron chi connectivity index (χ3n) is 4.62. The van der Waals surface area contributed by atoms with Gasteiger partial charge in [0.25, 0.3) is 5.92 Å². The maximum Gasteiger partial charge on any atom is 0.291 e. The normalized spacial score (nSPS) is 15.1. The Hall–Kier alpha value is -2.06. The van der Waals surface area contributed by atoms with Crippen LogP contribution in [-0.2, 0) is 16.1 Å². The van der Waals surface area contributed by atoms with Gasteiger partial charge in [-0.3, -0.25) is 9.59 Å². The minimum atomic E-state index is -3.61. The maximum absolute atomic E-state index is 14.3. The number of halogens is 2. The van der Waals surface area contributed by atoms with Crippen molar-refractivity contribution in [2.75, 3.05) is 6.54 Å². The molecule has 3 atom stereocenters. The van der Waals surface area contributed by atoms with Gasteiger partial charge in [0.2, 0.25) is 11.8 Å². The predicted molar refractivity (Wildman–Crippen MR) is 108 cm³/mol. The van der Waals surface area contributed by atoms with Crippen molar-refractivity contribution >= 4 is 11.8 Å². The monoisotopic (exact) mass is 413 g/mol. The molecule has 8 heteroatoms. The number of hydrogen-bond acceptors (Lipinski definition) is 4. The smallest absolute Gasteiger partial charge is 0.291 e. The zero-order valence-electron chi connectivity index (χ0n) is 17.5. The van der Waals surface area contributed by atoms with E-state index in [1.54, 1.807) is 13.8 Å². The summed E-state index contributed by atoms with van der Waals surface area (Å²) in [5.41, 5.74) is 6.51. The van der Waals surface area contributed by atoms with Gasteiger partial charge in [-0.15, -0.1) is 0 Å². The molecule has 0 spiro atoms. The second kappa shape index (κ2) is 11.2. The van der Waals surface area contributed by atoms with Gasteiger partial charge >= 0.3 is 0 Å². The van der Waals surface area contributed by atoms with Gasteiger partial charge in [-0.1, -0.05) is 58.0 Å². The third kappa shape index (κ3) is 8.06. The van der Waals surface area contributed by atoms with Crippen molar-refractivity contribution in [3.63, 3.8) is 0 Å². The lowest BCUT2D eigenvalue weighted by Gasteiger charge is -2.29. The molecule has 164 valence electrons. The summed E-state index contributed by atoms with van der Waals surface area (Å²) in [6, 6.07) is 8.03. The lowest BCUT2D eigenvalue weighted by Crippen LogP contribution is -2.54. The van der Waals surface area contributed by atoms with Gasteiger partial charge in [-0.2, -0.15) is 0 Å². The van der Waals surface area contributed by atoms with Crippen LogP contribution in [0.25, 0.3) is 0 Å². The maximum atomic E-state index is 14.3. The van der Waals surface area contributed by atoms with Crippen LogP contribution in [0.4, 0.5) is 8.78 Å². The van der Waals surface area contributed by atoms with Crippen LogP contribution >= 0.6 is 0 Å². The van der Waals surface area contributed by atoms with Gasteiger partial charge in [-0.05, 0) is 23.8 Å². The minimum Gasteiger partial charge on any atom is -0.385 e. The van der Waals surface area contributed by atoms with Crippen molar-refractivity contribution in [2.24, 2.45) is 23.5 Å². The molecule has 0 aliphatic carbocycles. The topological polar surface area (TPSA) is 104 Å². The summed E-state index contributed by atoms with van der Waals surface area (Å²) in [7, 11) is 0. The number of aliphatic hydroxyl groups excluding tert-OH is 1. The summed E-state index contributed by atoms with van der Waals surface area (Å²) in [6.07, 6.45) is -1.86. The number of carbonyl (C=O) groups is 2. The van der Waals surface area contributed by atoms with Gasteiger partial charge in [0.1, 0.15) is 12.0 Å². The number of hydrogen-bond donors (Lipinski definition) is 4. The van der Waals surface area contributed by atoms with Crippen LogP contribution in [0.1, 0.15) is 39.7 Å². The van der Waals surface area contributed by atoms with E-state index in [0.29, 0.717) is 0 Å². The van der Waals surface area contributed by atoms with E-state index in [1.807, 2.05) is 44.2 Å². The number of carbonyl (C=O) groups excluding carboxylic acids is 2. The largest absolute Gasteiger partial charge is 0.385 e. The molecule has 0 radical (unpaired) electrons. The molecular formula is C21H33F2N3O3. The number of benzene rings is 1. The Bertz CT molecular complexity index is 654. The first-order valence-electron chi connectivity index (χ1n) is 9.86. The summed E-state index contributed by atoms with van der Waals surface area (Å²) < 4.78 is 28.5. The molecule has 0 saturated heterocycles. The molecular weight excluding hydrogens is 380 g/mol. The van der Waals surface area contributed by atoms with Crippen LogP contribution in [0.5, 0.6) is 0 Å². The molecule has 29 heavy (non-hydrogen) atoms. The fourth-order valence-corrected chi connectivity index (χ4v) is 3.03. The zero-order valence-corrected chi connectivity index (χ0v) is 17.5. The zero-order chi connectivity index (χ0) is 22.2. The highest BCUT2D eigenvalue weighted by molar-refractivity contribution is 6.00. The van der Waals surface area contributed by atoms with Crippen molar-refractivity contribution in [3.05, 3.63) is 35.9 Å². The molecule has 6 nitrogen and oxygen atoms in total. The Morgan fingerprint density at radius 3 is 2.14 bits per heavy atom. The van der Waals surface area contributed by atoms with Crippen LogP contribution in [0.3, 0.4) is 0 Å². The van der Waals surface area contributed by atoms with Gasteiger partial charge in [0.15, 0.2) is 0 Å². The van der Waals surface area contributed by atoms with E-state index in [1.165, 1.54) is 0 Å². The summed E-state index contributed by atoms with van der Waals surface area (Å²) >= 11 is 0. The third-order valence-corrected chi connectivity index (χ3v) is 4.62. The van der Waals surface area contributed by atoms with E-state index in [-0.39, 0.29) is 18.9 Å². The Balaban J connectivity index is 2.68. The highest BCUT2D eigenvalue weighted by Crippen LogP contribution is 2.23. The standard InChI is InChI=1S/C21H33F2N3O3/c1-13(2)10-16(24)18(27)21(22,23)12-26-20(29)17(14(3)4)19(28)25-11-15-8-6-5-7-9-15/h5-9,13-14,16-18,27H,10-12,24H2,1-4H3,(H,25,28)(H,26,29)/t16-,17-,18?/m0/s1. The van der Waals surface area contributed by atoms with E-state index in [9.17, 15) is 23.5 Å². The number of nitrogens with one attached hydrogen (secondary N) is 2. The molecule has 2 amide bonds. The molecule has 1 rings (SSSR count). The van der Waals surface area contributed by atoms with Crippen molar-refractivity contribution in [3.8, 4) is 0 Å². The minimum absolute atomic E-state index is 0.0451. The van der Waals surface area contributed by atoms with Gasteiger partial charge < -0.3 is 21.5 Å². The highest BCUT2D eigenvalue weighted by Gasteiger charge is 2.43. The summed E-state index contributed by atoms with van der Waals surface area (Å²) in [4.78, 5) is 24.9. The Labute approximate surface area is 171 Å². The number of nitrogens with two attached hydrogens (primary N) is 1. The summed E-state index contributed by atoms with van der Waals surface area (Å²) in [6.45, 7) is 6.10. The van der Waals surface area contributed by atoms with Crippen LogP contribution < -0.4 is 16.4 Å². The molecule has 0 saturated carbocycles. The van der Waals surface area contributed by atoms with Crippen LogP contribution in [0, 0.1) is 17.8 Å². The molecule has 0 aliphatic heterocycles. The van der Waals surface area contributed by atoms with E-state index in [2.05, 4.69) is 10.6 Å². The van der Waals surface area contributed by atoms with E-state index in [0.717, 1.165) is 5.56 Å². The molecule has 0 heterocycles. The van der Waals surface area contributed by atoms with E-state index >= 15 is 0 Å². The fourth-order valence-electron chi connectivity index (χ4n) is 3.03. The molecule has 0 fully saturated rings. The number of amides is 2. The molecule has 0 bridgehead atoms. The van der Waals surface area contributed by atoms with E-state index in [4.69, 9.17) is 5.73 Å². The van der Waals surface area contributed by atoms with Crippen molar-refractivity contribution < 1.29 is 23.5 Å². The van der Waals surface area contributed by atoms with Gasteiger partial charge in [0.05, 0.1) is 6.54 Å². The number of rotatable bonds is 11. The number of aliphatic hydroxyl groups is 1. The number of alkyl halides is 2. The van der Waals surface area contributed by atoms with Crippen LogP contribution in [0.15, 0.2) is 30.3 Å². The second-order valence-electron chi connectivity index (χ2n) is 8.14. The Kier molecular flexibility index (Phi) is 9.65. The average Bonchev–Trinajstić information content (AvgIpc) is 2.64. The van der Waals surface area contributed by atoms with Crippen molar-refractivity contribution in [2.45, 2.75) is 58.7 Å². The van der Waals surface area contributed by atoms with Gasteiger partial charge in [-0.25, -0.2) is 8.78 Å². The Morgan fingerprint density at radius 2 is 1.62 bits per heavy atom. The molecule has 5 N–H and O–H groups in total. The second-order valence-corrected chi connectivity index (χ2v) is 8.14. The molecule has 1 aromatic carbocycles. The summed E-state index contributed by atoms with van der Waals surface area (Å²) in [5, 5.41) is 14.6. The first-order valence-corrected chi connectivity index (χ1v) is 9.86. The molecule has 0 aliphatic rings.